The van der Waals surface area contributed by atoms with Crippen LogP contribution in [0.5, 0.6) is 11.5 Å². The van der Waals surface area contributed by atoms with Gasteiger partial charge in [0.1, 0.15) is 0 Å². The number of ether oxygens (including phenoxy) is 2. The first-order chi connectivity index (χ1) is 14.2. The van der Waals surface area contributed by atoms with Crippen LogP contribution in [0.15, 0.2) is 40.9 Å². The van der Waals surface area contributed by atoms with Crippen LogP contribution in [-0.4, -0.2) is 32.0 Å². The molecule has 1 aliphatic heterocycles. The summed E-state index contributed by atoms with van der Waals surface area (Å²) in [4.78, 5) is 2.38. The van der Waals surface area contributed by atoms with Gasteiger partial charge in [0.25, 0.3) is 0 Å². The van der Waals surface area contributed by atoms with Gasteiger partial charge in [0.2, 0.25) is 0 Å². The highest BCUT2D eigenvalue weighted by Crippen LogP contribution is 2.41. The number of hydrogen-bond acceptors (Lipinski definition) is 5. The minimum atomic E-state index is 0.378. The number of unbranched alkanes of at least 4 members (excludes halogenated alkanes) is 1. The van der Waals surface area contributed by atoms with Gasteiger partial charge in [-0.2, -0.15) is 0 Å². The topological polar surface area (TPSA) is 47.7 Å². The van der Waals surface area contributed by atoms with Crippen molar-refractivity contribution < 1.29 is 14.0 Å². The maximum absolute atomic E-state index is 6.07. The van der Waals surface area contributed by atoms with Crippen molar-refractivity contribution in [3.05, 3.63) is 47.1 Å². The third-order valence-corrected chi connectivity index (χ3v) is 5.84. The van der Waals surface area contributed by atoms with Crippen LogP contribution in [0.1, 0.15) is 44.2 Å². The number of nitrogens with zero attached hydrogens (tertiary/aromatic N) is 2. The Bertz CT molecular complexity index is 964. The van der Waals surface area contributed by atoms with E-state index in [1.165, 1.54) is 0 Å². The molecule has 0 saturated carbocycles. The van der Waals surface area contributed by atoms with Crippen molar-refractivity contribution in [3.63, 3.8) is 0 Å². The standard InChI is InChI=1S/C23H27ClN2O3/c1-3-4-14-28-20-7-5-6-19(23(20)27-2)26-12-10-16(11-13-26)22-18-9-8-17(24)15-21(18)29-25-22/h5-9,15-16H,3-4,10-14H2,1-2H3. The summed E-state index contributed by atoms with van der Waals surface area (Å²) in [5, 5.41) is 6.09. The Labute approximate surface area is 176 Å². The Hall–Kier alpha value is -2.40. The normalized spacial score (nSPS) is 15.1. The second kappa shape index (κ2) is 8.95. The molecule has 0 spiro atoms. The average molecular weight is 415 g/mol. The molecule has 3 aromatic rings. The summed E-state index contributed by atoms with van der Waals surface area (Å²) >= 11 is 6.07. The van der Waals surface area contributed by atoms with E-state index in [1.54, 1.807) is 7.11 Å². The first kappa shape index (κ1) is 19.9. The predicted octanol–water partition coefficient (Wildman–Crippen LogP) is 6.05. The fourth-order valence-electron chi connectivity index (χ4n) is 4.02. The van der Waals surface area contributed by atoms with Crippen molar-refractivity contribution in [1.82, 2.24) is 5.16 Å². The van der Waals surface area contributed by atoms with E-state index in [1.807, 2.05) is 30.3 Å². The molecule has 154 valence electrons. The zero-order valence-corrected chi connectivity index (χ0v) is 17.7. The lowest BCUT2D eigenvalue weighted by Crippen LogP contribution is -2.33. The molecule has 0 amide bonds. The summed E-state index contributed by atoms with van der Waals surface area (Å²) in [5.74, 6) is 2.02. The summed E-state index contributed by atoms with van der Waals surface area (Å²) in [5.41, 5.74) is 2.89. The smallest absolute Gasteiger partial charge is 0.184 e. The van der Waals surface area contributed by atoms with E-state index in [0.29, 0.717) is 17.5 Å². The van der Waals surface area contributed by atoms with Crippen molar-refractivity contribution in [3.8, 4) is 11.5 Å². The molecule has 2 aromatic carbocycles. The largest absolute Gasteiger partial charge is 0.491 e. The number of methoxy groups -OCH3 is 1. The zero-order valence-electron chi connectivity index (χ0n) is 17.0. The van der Waals surface area contributed by atoms with Gasteiger partial charge in [0.15, 0.2) is 17.1 Å². The summed E-state index contributed by atoms with van der Waals surface area (Å²) < 4.78 is 17.2. The molecule has 0 N–H and O–H groups in total. The van der Waals surface area contributed by atoms with Crippen molar-refractivity contribution >= 4 is 28.3 Å². The van der Waals surface area contributed by atoms with Crippen LogP contribution in [0.4, 0.5) is 5.69 Å². The Morgan fingerprint density at radius 2 is 2.03 bits per heavy atom. The van der Waals surface area contributed by atoms with E-state index in [2.05, 4.69) is 23.0 Å². The molecule has 6 heteroatoms. The number of fused-ring (bicyclic) bond motifs is 1. The van der Waals surface area contributed by atoms with Gasteiger partial charge >= 0.3 is 0 Å². The maximum atomic E-state index is 6.07. The van der Waals surface area contributed by atoms with E-state index in [4.69, 9.17) is 25.6 Å². The van der Waals surface area contributed by atoms with Gasteiger partial charge in [-0.3, -0.25) is 0 Å². The van der Waals surface area contributed by atoms with E-state index in [9.17, 15) is 0 Å². The number of aromatic nitrogens is 1. The highest BCUT2D eigenvalue weighted by Gasteiger charge is 2.27. The molecule has 1 aromatic heterocycles. The van der Waals surface area contributed by atoms with Crippen molar-refractivity contribution in [2.24, 2.45) is 0 Å². The molecule has 0 unspecified atom stereocenters. The van der Waals surface area contributed by atoms with Gasteiger partial charge < -0.3 is 18.9 Å². The molecule has 0 aliphatic carbocycles. The number of anilines is 1. The Balaban J connectivity index is 1.48. The molecule has 5 nitrogen and oxygen atoms in total. The van der Waals surface area contributed by atoms with E-state index < -0.39 is 0 Å². The van der Waals surface area contributed by atoms with Crippen molar-refractivity contribution in [1.29, 1.82) is 0 Å². The fraction of sp³-hybridized carbons (Fsp3) is 0.435. The molecule has 2 heterocycles. The van der Waals surface area contributed by atoms with Crippen LogP contribution in [0.3, 0.4) is 0 Å². The lowest BCUT2D eigenvalue weighted by Gasteiger charge is -2.34. The van der Waals surface area contributed by atoms with Crippen LogP contribution >= 0.6 is 11.6 Å². The van der Waals surface area contributed by atoms with Gasteiger partial charge in [-0.15, -0.1) is 0 Å². The van der Waals surface area contributed by atoms with Crippen LogP contribution in [0, 0.1) is 0 Å². The second-order valence-corrected chi connectivity index (χ2v) is 7.92. The summed E-state index contributed by atoms with van der Waals surface area (Å²) in [6.45, 7) is 4.73. The first-order valence-corrected chi connectivity index (χ1v) is 10.7. The first-order valence-electron chi connectivity index (χ1n) is 10.3. The predicted molar refractivity (Wildman–Crippen MR) is 117 cm³/mol. The molecule has 4 rings (SSSR count). The zero-order chi connectivity index (χ0) is 20.2. The van der Waals surface area contributed by atoms with Crippen molar-refractivity contribution in [2.75, 3.05) is 31.7 Å². The number of piperidine rings is 1. The highest BCUT2D eigenvalue weighted by atomic mass is 35.5. The number of para-hydroxylation sites is 1. The van der Waals surface area contributed by atoms with Crippen molar-refractivity contribution in [2.45, 2.75) is 38.5 Å². The Morgan fingerprint density at radius 3 is 2.79 bits per heavy atom. The average Bonchev–Trinajstić information content (AvgIpc) is 3.17. The van der Waals surface area contributed by atoms with E-state index in [-0.39, 0.29) is 0 Å². The molecule has 1 aliphatic rings. The van der Waals surface area contributed by atoms with Gasteiger partial charge in [-0.05, 0) is 43.5 Å². The molecule has 0 bridgehead atoms. The summed E-state index contributed by atoms with van der Waals surface area (Å²) in [7, 11) is 1.71. The molecule has 0 radical (unpaired) electrons. The lowest BCUT2D eigenvalue weighted by molar-refractivity contribution is 0.288. The third kappa shape index (κ3) is 4.15. The highest BCUT2D eigenvalue weighted by molar-refractivity contribution is 6.31. The Morgan fingerprint density at radius 1 is 1.21 bits per heavy atom. The van der Waals surface area contributed by atoms with Crippen LogP contribution in [0.2, 0.25) is 5.02 Å². The number of hydrogen-bond donors (Lipinski definition) is 0. The third-order valence-electron chi connectivity index (χ3n) is 5.60. The SMILES string of the molecule is CCCCOc1cccc(N2CCC(c3noc4cc(Cl)ccc34)CC2)c1OC. The molecule has 1 saturated heterocycles. The van der Waals surface area contributed by atoms with Crippen LogP contribution in [0.25, 0.3) is 11.0 Å². The number of benzene rings is 2. The minimum Gasteiger partial charge on any atom is -0.491 e. The minimum absolute atomic E-state index is 0.378. The van der Waals surface area contributed by atoms with Crippen LogP contribution in [-0.2, 0) is 0 Å². The number of halogens is 1. The number of rotatable bonds is 7. The summed E-state index contributed by atoms with van der Waals surface area (Å²) in [6.07, 6.45) is 4.16. The molecule has 0 atom stereocenters. The van der Waals surface area contributed by atoms with Gasteiger partial charge in [-0.1, -0.05) is 36.2 Å². The second-order valence-electron chi connectivity index (χ2n) is 7.48. The molecular formula is C23H27ClN2O3. The van der Waals surface area contributed by atoms with Gasteiger partial charge in [-0.25, -0.2) is 0 Å². The fourth-order valence-corrected chi connectivity index (χ4v) is 4.18. The quantitative estimate of drug-likeness (QED) is 0.440. The Kier molecular flexibility index (Phi) is 6.14. The lowest BCUT2D eigenvalue weighted by atomic mass is 9.91. The van der Waals surface area contributed by atoms with Gasteiger partial charge in [0, 0.05) is 35.5 Å². The summed E-state index contributed by atoms with van der Waals surface area (Å²) in [6, 6.07) is 11.9. The molecule has 29 heavy (non-hydrogen) atoms. The molecule has 1 fully saturated rings. The maximum Gasteiger partial charge on any atom is 0.184 e. The van der Waals surface area contributed by atoms with E-state index in [0.717, 1.165) is 72.6 Å². The van der Waals surface area contributed by atoms with Crippen LogP contribution < -0.4 is 14.4 Å². The molecular weight excluding hydrogens is 388 g/mol. The van der Waals surface area contributed by atoms with Gasteiger partial charge in [0.05, 0.1) is 25.1 Å². The van der Waals surface area contributed by atoms with E-state index >= 15 is 0 Å². The monoisotopic (exact) mass is 414 g/mol.